The van der Waals surface area contributed by atoms with Gasteiger partial charge >= 0.3 is 0 Å². The minimum absolute atomic E-state index is 0.0252. The average molecular weight is 459 g/mol. The molecule has 5 nitrogen and oxygen atoms in total. The van der Waals surface area contributed by atoms with Crippen molar-refractivity contribution in [2.75, 3.05) is 7.11 Å². The van der Waals surface area contributed by atoms with Gasteiger partial charge in [-0.05, 0) is 55.2 Å². The number of hydrogen-bond acceptors (Lipinski definition) is 3. The highest BCUT2D eigenvalue weighted by Gasteiger charge is 2.31. The lowest BCUT2D eigenvalue weighted by molar-refractivity contribution is -0.141. The molecule has 0 aliphatic rings. The summed E-state index contributed by atoms with van der Waals surface area (Å²) < 4.78 is 5.24. The Hall–Kier alpha value is -3.60. The predicted molar refractivity (Wildman–Crippen MR) is 136 cm³/mol. The fraction of sp³-hybridized carbons (Fsp3) is 0.310. The van der Waals surface area contributed by atoms with Crippen molar-refractivity contribution >= 4 is 11.8 Å². The van der Waals surface area contributed by atoms with Gasteiger partial charge in [0.15, 0.2) is 0 Å². The van der Waals surface area contributed by atoms with Crippen molar-refractivity contribution in [2.45, 2.75) is 52.2 Å². The predicted octanol–water partition coefficient (Wildman–Crippen LogP) is 4.71. The molecule has 0 heterocycles. The maximum absolute atomic E-state index is 13.7. The van der Waals surface area contributed by atoms with E-state index in [0.29, 0.717) is 13.0 Å². The van der Waals surface area contributed by atoms with Crippen LogP contribution in [-0.4, -0.2) is 35.9 Å². The maximum Gasteiger partial charge on any atom is 0.243 e. The van der Waals surface area contributed by atoms with Crippen molar-refractivity contribution in [2.24, 2.45) is 0 Å². The molecule has 3 aromatic rings. The van der Waals surface area contributed by atoms with Crippen LogP contribution in [0.4, 0.5) is 0 Å². The lowest BCUT2D eigenvalue weighted by Gasteiger charge is -2.32. The van der Waals surface area contributed by atoms with Gasteiger partial charge in [0.25, 0.3) is 0 Å². The summed E-state index contributed by atoms with van der Waals surface area (Å²) in [5, 5.41) is 3.03. The van der Waals surface area contributed by atoms with Gasteiger partial charge in [0, 0.05) is 19.0 Å². The van der Waals surface area contributed by atoms with Gasteiger partial charge in [0.05, 0.1) is 13.5 Å². The number of nitrogens with one attached hydrogen (secondary N) is 1. The number of benzene rings is 3. The highest BCUT2D eigenvalue weighted by molar-refractivity contribution is 5.89. The first-order chi connectivity index (χ1) is 16.4. The maximum atomic E-state index is 13.7. The number of methoxy groups -OCH3 is 1. The molecule has 0 aliphatic heterocycles. The molecule has 0 spiro atoms. The Morgan fingerprint density at radius 3 is 2.15 bits per heavy atom. The lowest BCUT2D eigenvalue weighted by Crippen LogP contribution is -2.52. The van der Waals surface area contributed by atoms with Gasteiger partial charge in [-0.3, -0.25) is 9.59 Å². The van der Waals surface area contributed by atoms with Crippen LogP contribution in [0.15, 0.2) is 78.9 Å². The van der Waals surface area contributed by atoms with Gasteiger partial charge in [-0.2, -0.15) is 0 Å². The second-order valence-electron chi connectivity index (χ2n) is 8.84. The summed E-state index contributed by atoms with van der Waals surface area (Å²) in [6.07, 6.45) is 0.649. The van der Waals surface area contributed by atoms with Gasteiger partial charge in [-0.25, -0.2) is 0 Å². The summed E-state index contributed by atoms with van der Waals surface area (Å²) in [4.78, 5) is 28.8. The van der Waals surface area contributed by atoms with Gasteiger partial charge in [0.1, 0.15) is 11.8 Å². The Morgan fingerprint density at radius 2 is 1.53 bits per heavy atom. The third kappa shape index (κ3) is 6.95. The first-order valence-electron chi connectivity index (χ1n) is 11.7. The monoisotopic (exact) mass is 458 g/mol. The fourth-order valence-electron chi connectivity index (χ4n) is 3.93. The fourth-order valence-corrected chi connectivity index (χ4v) is 3.93. The number of aryl methyl sites for hydroxylation is 1. The molecule has 0 saturated heterocycles. The second kappa shape index (κ2) is 12.0. The summed E-state index contributed by atoms with van der Waals surface area (Å²) in [7, 11) is 1.62. The number of hydrogen-bond donors (Lipinski definition) is 1. The molecule has 0 bridgehead atoms. The highest BCUT2D eigenvalue weighted by Crippen LogP contribution is 2.19. The Bertz CT molecular complexity index is 1080. The van der Waals surface area contributed by atoms with Crippen LogP contribution in [0.3, 0.4) is 0 Å². The normalized spacial score (nSPS) is 11.7. The largest absolute Gasteiger partial charge is 0.497 e. The minimum atomic E-state index is -0.629. The smallest absolute Gasteiger partial charge is 0.243 e. The van der Waals surface area contributed by atoms with Gasteiger partial charge in [-0.15, -0.1) is 0 Å². The number of nitrogens with zero attached hydrogens (tertiary/aromatic N) is 1. The van der Waals surface area contributed by atoms with Crippen LogP contribution in [0.1, 0.15) is 36.1 Å². The van der Waals surface area contributed by atoms with Crippen molar-refractivity contribution in [1.82, 2.24) is 10.2 Å². The standard InChI is InChI=1S/C29H34N2O3/c1-21(2)30-29(33)27(18-23-11-6-5-7-12-23)31(20-25-13-9-8-10-22(25)3)28(32)19-24-14-16-26(34-4)17-15-24/h5-17,21,27H,18-20H2,1-4H3,(H,30,33). The van der Waals surface area contributed by atoms with Crippen LogP contribution in [0, 0.1) is 6.92 Å². The molecule has 0 aliphatic carbocycles. The highest BCUT2D eigenvalue weighted by atomic mass is 16.5. The SMILES string of the molecule is COc1ccc(CC(=O)N(Cc2ccccc2C)C(Cc2ccccc2)C(=O)NC(C)C)cc1. The number of carbonyl (C=O) groups excluding carboxylic acids is 2. The summed E-state index contributed by atoms with van der Waals surface area (Å²) in [6, 6.07) is 24.7. The summed E-state index contributed by atoms with van der Waals surface area (Å²) in [6.45, 7) is 6.26. The Labute approximate surface area is 202 Å². The van der Waals surface area contributed by atoms with Crippen molar-refractivity contribution < 1.29 is 14.3 Å². The van der Waals surface area contributed by atoms with Gasteiger partial charge in [-0.1, -0.05) is 66.7 Å². The van der Waals surface area contributed by atoms with E-state index in [1.54, 1.807) is 12.0 Å². The van der Waals surface area contributed by atoms with E-state index in [-0.39, 0.29) is 24.3 Å². The van der Waals surface area contributed by atoms with Gasteiger partial charge < -0.3 is 15.0 Å². The first kappa shape index (κ1) is 25.0. The van der Waals surface area contributed by atoms with Crippen LogP contribution in [0.2, 0.25) is 0 Å². The van der Waals surface area contributed by atoms with Crippen LogP contribution in [0.5, 0.6) is 5.75 Å². The number of ether oxygens (including phenoxy) is 1. The molecule has 1 unspecified atom stereocenters. The molecule has 0 fully saturated rings. The molecule has 34 heavy (non-hydrogen) atoms. The van der Waals surface area contributed by atoms with E-state index >= 15 is 0 Å². The summed E-state index contributed by atoms with van der Waals surface area (Å²) in [5.74, 6) is 0.509. The van der Waals surface area contributed by atoms with E-state index in [9.17, 15) is 9.59 Å². The molecule has 0 saturated carbocycles. The molecule has 1 N–H and O–H groups in total. The Morgan fingerprint density at radius 1 is 0.882 bits per heavy atom. The van der Waals surface area contributed by atoms with Gasteiger partial charge in [0.2, 0.25) is 11.8 Å². The van der Waals surface area contributed by atoms with Crippen molar-refractivity contribution in [3.8, 4) is 5.75 Å². The number of rotatable bonds is 10. The Kier molecular flexibility index (Phi) is 8.86. The third-order valence-electron chi connectivity index (χ3n) is 5.82. The zero-order valence-corrected chi connectivity index (χ0v) is 20.5. The number of carbonyl (C=O) groups is 2. The minimum Gasteiger partial charge on any atom is -0.497 e. The molecule has 2 amide bonds. The quantitative estimate of drug-likeness (QED) is 0.479. The van der Waals surface area contributed by atoms with E-state index < -0.39 is 6.04 Å². The van der Waals surface area contributed by atoms with E-state index in [1.165, 1.54) is 0 Å². The van der Waals surface area contributed by atoms with E-state index in [1.807, 2.05) is 99.6 Å². The van der Waals surface area contributed by atoms with Crippen LogP contribution >= 0.6 is 0 Å². The molecule has 178 valence electrons. The Balaban J connectivity index is 1.96. The molecule has 5 heteroatoms. The topological polar surface area (TPSA) is 58.6 Å². The zero-order valence-electron chi connectivity index (χ0n) is 20.5. The second-order valence-corrected chi connectivity index (χ2v) is 8.84. The number of amides is 2. The zero-order chi connectivity index (χ0) is 24.5. The average Bonchev–Trinajstić information content (AvgIpc) is 2.83. The molecule has 0 radical (unpaired) electrons. The molecule has 1 atom stereocenters. The van der Waals surface area contributed by atoms with Crippen LogP contribution < -0.4 is 10.1 Å². The lowest BCUT2D eigenvalue weighted by atomic mass is 10.00. The van der Waals surface area contributed by atoms with Crippen LogP contribution in [0.25, 0.3) is 0 Å². The van der Waals surface area contributed by atoms with E-state index in [0.717, 1.165) is 28.0 Å². The first-order valence-corrected chi connectivity index (χ1v) is 11.7. The molecule has 3 aromatic carbocycles. The molecular formula is C29H34N2O3. The third-order valence-corrected chi connectivity index (χ3v) is 5.82. The van der Waals surface area contributed by atoms with E-state index in [2.05, 4.69) is 5.32 Å². The molecule has 0 aromatic heterocycles. The van der Waals surface area contributed by atoms with Crippen molar-refractivity contribution in [3.63, 3.8) is 0 Å². The van der Waals surface area contributed by atoms with Crippen molar-refractivity contribution in [1.29, 1.82) is 0 Å². The summed E-state index contributed by atoms with van der Waals surface area (Å²) >= 11 is 0. The van der Waals surface area contributed by atoms with Crippen molar-refractivity contribution in [3.05, 3.63) is 101 Å². The summed E-state index contributed by atoms with van der Waals surface area (Å²) in [5.41, 5.74) is 4.01. The van der Waals surface area contributed by atoms with E-state index in [4.69, 9.17) is 4.74 Å². The molecule has 3 rings (SSSR count). The molecular weight excluding hydrogens is 424 g/mol. The van der Waals surface area contributed by atoms with Crippen LogP contribution in [-0.2, 0) is 29.0 Å².